The van der Waals surface area contributed by atoms with Crippen molar-refractivity contribution in [1.82, 2.24) is 0 Å². The Kier molecular flexibility index (Phi) is 8.35. The van der Waals surface area contributed by atoms with Crippen molar-refractivity contribution >= 4 is 11.8 Å². The molecule has 26 heavy (non-hydrogen) atoms. The molecule has 5 heteroatoms. The molecule has 140 valence electrons. The van der Waals surface area contributed by atoms with Gasteiger partial charge in [0.1, 0.15) is 11.5 Å². The number of hydrogen-bond donors (Lipinski definition) is 3. The van der Waals surface area contributed by atoms with Gasteiger partial charge in [-0.25, -0.2) is 4.79 Å². The van der Waals surface area contributed by atoms with E-state index in [9.17, 15) is 24.9 Å². The van der Waals surface area contributed by atoms with Crippen LogP contribution < -0.4 is 0 Å². The quantitative estimate of drug-likeness (QED) is 0.256. The highest BCUT2D eigenvalue weighted by molar-refractivity contribution is 6.10. The van der Waals surface area contributed by atoms with E-state index in [4.69, 9.17) is 0 Å². The first-order chi connectivity index (χ1) is 12.2. The first-order valence-electron chi connectivity index (χ1n) is 8.50. The van der Waals surface area contributed by atoms with Crippen molar-refractivity contribution in [3.8, 4) is 11.5 Å². The molecule has 0 amide bonds. The third kappa shape index (κ3) is 7.38. The van der Waals surface area contributed by atoms with Gasteiger partial charge in [-0.05, 0) is 70.7 Å². The van der Waals surface area contributed by atoms with Crippen molar-refractivity contribution < 1.29 is 24.9 Å². The Morgan fingerprint density at radius 3 is 2.27 bits per heavy atom. The molecule has 0 aliphatic heterocycles. The van der Waals surface area contributed by atoms with E-state index in [2.05, 4.69) is 6.08 Å². The van der Waals surface area contributed by atoms with Gasteiger partial charge in [-0.2, -0.15) is 0 Å². The Morgan fingerprint density at radius 2 is 1.65 bits per heavy atom. The summed E-state index contributed by atoms with van der Waals surface area (Å²) in [4.78, 5) is 23.6. The molecule has 0 aliphatic rings. The van der Waals surface area contributed by atoms with Gasteiger partial charge in [0.05, 0.1) is 5.56 Å². The normalized spacial score (nSPS) is 12.0. The zero-order chi connectivity index (χ0) is 19.7. The summed E-state index contributed by atoms with van der Waals surface area (Å²) in [7, 11) is 0. The standard InChI is InChI=1S/C21H26O5/c1-14(2)6-4-7-15(3)8-5-9-16(21(25)26)12-20(24)18-13-17(22)10-11-19(18)23/h6,8,10-13,22-23H,4-5,7,9H2,1-3H3,(H,25,26)/b15-8+,16-12-. The Hall–Kier alpha value is -2.82. The number of allylic oxidation sites excluding steroid dienone is 5. The second-order valence-corrected chi connectivity index (χ2v) is 6.45. The van der Waals surface area contributed by atoms with E-state index in [0.29, 0.717) is 6.42 Å². The minimum absolute atomic E-state index is 0.0360. The van der Waals surface area contributed by atoms with Crippen LogP contribution in [0.4, 0.5) is 0 Å². The molecule has 0 heterocycles. The van der Waals surface area contributed by atoms with Crippen LogP contribution in [0.15, 0.2) is 53.1 Å². The van der Waals surface area contributed by atoms with Gasteiger partial charge in [0.25, 0.3) is 0 Å². The monoisotopic (exact) mass is 358 g/mol. The summed E-state index contributed by atoms with van der Waals surface area (Å²) in [6.07, 6.45) is 7.71. The van der Waals surface area contributed by atoms with Crippen molar-refractivity contribution in [3.63, 3.8) is 0 Å². The molecule has 3 N–H and O–H groups in total. The van der Waals surface area contributed by atoms with Crippen molar-refractivity contribution in [2.24, 2.45) is 0 Å². The van der Waals surface area contributed by atoms with Gasteiger partial charge in [0, 0.05) is 5.57 Å². The Balaban J connectivity index is 2.78. The molecule has 0 atom stereocenters. The molecule has 0 saturated carbocycles. The van der Waals surface area contributed by atoms with Gasteiger partial charge >= 0.3 is 5.97 Å². The van der Waals surface area contributed by atoms with Crippen molar-refractivity contribution in [3.05, 3.63) is 58.7 Å². The number of rotatable bonds is 9. The Bertz CT molecular complexity index is 750. The molecule has 0 radical (unpaired) electrons. The summed E-state index contributed by atoms with van der Waals surface area (Å²) in [5.74, 6) is -2.30. The van der Waals surface area contributed by atoms with E-state index >= 15 is 0 Å². The fourth-order valence-corrected chi connectivity index (χ4v) is 2.36. The number of phenols is 2. The fourth-order valence-electron chi connectivity index (χ4n) is 2.36. The average molecular weight is 358 g/mol. The number of carboxylic acid groups (broad SMARTS) is 1. The maximum atomic E-state index is 12.2. The molecule has 0 aliphatic carbocycles. The highest BCUT2D eigenvalue weighted by Crippen LogP contribution is 2.23. The summed E-state index contributed by atoms with van der Waals surface area (Å²) >= 11 is 0. The van der Waals surface area contributed by atoms with E-state index < -0.39 is 11.8 Å². The number of benzene rings is 1. The largest absolute Gasteiger partial charge is 0.508 e. The predicted molar refractivity (Wildman–Crippen MR) is 101 cm³/mol. The van der Waals surface area contributed by atoms with Crippen molar-refractivity contribution in [2.45, 2.75) is 46.5 Å². The zero-order valence-corrected chi connectivity index (χ0v) is 15.5. The van der Waals surface area contributed by atoms with Crippen molar-refractivity contribution in [1.29, 1.82) is 0 Å². The molecule has 0 unspecified atom stereocenters. The number of carbonyl (C=O) groups is 2. The molecular weight excluding hydrogens is 332 g/mol. The van der Waals surface area contributed by atoms with Gasteiger partial charge in [-0.1, -0.05) is 23.3 Å². The molecule has 0 fully saturated rings. The van der Waals surface area contributed by atoms with E-state index in [1.54, 1.807) is 0 Å². The summed E-state index contributed by atoms with van der Waals surface area (Å²) in [5.41, 5.74) is 2.27. The van der Waals surface area contributed by atoms with Gasteiger partial charge in [-0.3, -0.25) is 4.79 Å². The fraction of sp³-hybridized carbons (Fsp3) is 0.333. The highest BCUT2D eigenvalue weighted by atomic mass is 16.4. The second kappa shape index (κ2) is 10.2. The first-order valence-corrected chi connectivity index (χ1v) is 8.50. The minimum atomic E-state index is -1.17. The molecule has 0 bridgehead atoms. The van der Waals surface area contributed by atoms with Crippen molar-refractivity contribution in [2.75, 3.05) is 0 Å². The molecular formula is C21H26O5. The number of ketones is 1. The number of aliphatic carboxylic acids is 1. The zero-order valence-electron chi connectivity index (χ0n) is 15.5. The second-order valence-electron chi connectivity index (χ2n) is 6.45. The van der Waals surface area contributed by atoms with Gasteiger partial charge < -0.3 is 15.3 Å². The highest BCUT2D eigenvalue weighted by Gasteiger charge is 2.14. The van der Waals surface area contributed by atoms with Gasteiger partial charge in [0.2, 0.25) is 0 Å². The van der Waals surface area contributed by atoms with Gasteiger partial charge in [-0.15, -0.1) is 0 Å². The smallest absolute Gasteiger partial charge is 0.331 e. The lowest BCUT2D eigenvalue weighted by atomic mass is 10.0. The average Bonchev–Trinajstić information content (AvgIpc) is 2.55. The summed E-state index contributed by atoms with van der Waals surface area (Å²) in [6, 6.07) is 3.55. The van der Waals surface area contributed by atoms with E-state index in [0.717, 1.165) is 25.0 Å². The van der Waals surface area contributed by atoms with Crippen LogP contribution in [0.2, 0.25) is 0 Å². The van der Waals surface area contributed by atoms with Gasteiger partial charge in [0.15, 0.2) is 5.78 Å². The molecule has 1 aromatic carbocycles. The third-order valence-electron chi connectivity index (χ3n) is 3.82. The lowest BCUT2D eigenvalue weighted by molar-refractivity contribution is -0.132. The van der Waals surface area contributed by atoms with Crippen LogP contribution in [-0.4, -0.2) is 27.1 Å². The number of aromatic hydroxyl groups is 2. The number of phenolic OH excluding ortho intramolecular Hbond substituents is 2. The molecule has 0 spiro atoms. The van der Waals surface area contributed by atoms with Crippen LogP contribution in [0.25, 0.3) is 0 Å². The number of hydrogen-bond acceptors (Lipinski definition) is 4. The Morgan fingerprint density at radius 1 is 1.00 bits per heavy atom. The maximum absolute atomic E-state index is 12.2. The van der Waals surface area contributed by atoms with Crippen LogP contribution >= 0.6 is 0 Å². The summed E-state index contributed by atoms with van der Waals surface area (Å²) < 4.78 is 0. The lowest BCUT2D eigenvalue weighted by Crippen LogP contribution is -2.05. The van der Waals surface area contributed by atoms with Crippen LogP contribution in [0, 0.1) is 0 Å². The molecule has 5 nitrogen and oxygen atoms in total. The minimum Gasteiger partial charge on any atom is -0.508 e. The van der Waals surface area contributed by atoms with Crippen LogP contribution in [-0.2, 0) is 4.79 Å². The van der Waals surface area contributed by atoms with E-state index in [1.807, 2.05) is 26.8 Å². The van der Waals surface area contributed by atoms with Crippen LogP contribution in [0.5, 0.6) is 11.5 Å². The molecule has 1 aromatic rings. The Labute approximate surface area is 154 Å². The maximum Gasteiger partial charge on any atom is 0.331 e. The number of carbonyl (C=O) groups excluding carboxylic acids is 1. The van der Waals surface area contributed by atoms with E-state index in [1.165, 1.54) is 23.3 Å². The third-order valence-corrected chi connectivity index (χ3v) is 3.82. The van der Waals surface area contributed by atoms with E-state index in [-0.39, 0.29) is 29.1 Å². The summed E-state index contributed by atoms with van der Waals surface area (Å²) in [6.45, 7) is 6.09. The predicted octanol–water partition coefficient (Wildman–Crippen LogP) is 4.76. The van der Waals surface area contributed by atoms with Crippen LogP contribution in [0.3, 0.4) is 0 Å². The molecule has 0 aromatic heterocycles. The molecule has 0 saturated heterocycles. The summed E-state index contributed by atoms with van der Waals surface area (Å²) in [5, 5.41) is 28.4. The van der Waals surface area contributed by atoms with Crippen LogP contribution in [0.1, 0.15) is 56.8 Å². The first kappa shape index (κ1) is 21.2. The SMILES string of the molecule is CC(C)=CCC/C(C)=C/CC/C(=C/C(=O)c1cc(O)ccc1O)C(=O)O. The lowest BCUT2D eigenvalue weighted by Gasteiger charge is -2.04. The topological polar surface area (TPSA) is 94.8 Å². The molecule has 1 rings (SSSR count). The number of carboxylic acids is 1.